The number of halogens is 1. The number of H-pyrrole nitrogens is 1. The summed E-state index contributed by atoms with van der Waals surface area (Å²) < 4.78 is 8.62. The molecule has 1 aromatic carbocycles. The molecule has 33 heavy (non-hydrogen) atoms. The average Bonchev–Trinajstić information content (AvgIpc) is 3.56. The Bertz CT molecular complexity index is 1440. The smallest absolute Gasteiger partial charge is 0.264 e. The third-order valence-corrected chi connectivity index (χ3v) is 7.60. The van der Waals surface area contributed by atoms with Gasteiger partial charge in [-0.25, -0.2) is 0 Å². The summed E-state index contributed by atoms with van der Waals surface area (Å²) in [5.74, 6) is 0.683. The normalized spacial score (nSPS) is 22.3. The third-order valence-electron chi connectivity index (χ3n) is 7.19. The van der Waals surface area contributed by atoms with Gasteiger partial charge in [0.05, 0.1) is 29.1 Å². The van der Waals surface area contributed by atoms with E-state index in [1.54, 1.807) is 18.7 Å². The summed E-state index contributed by atoms with van der Waals surface area (Å²) in [6.07, 6.45) is 6.81. The fourth-order valence-corrected chi connectivity index (χ4v) is 5.87. The molecular weight excluding hydrogens is 442 g/mol. The molecule has 4 aromatic rings. The Hall–Kier alpha value is -2.88. The van der Waals surface area contributed by atoms with Gasteiger partial charge in [0.25, 0.3) is 5.56 Å². The highest BCUT2D eigenvalue weighted by atomic mass is 35.5. The van der Waals surface area contributed by atoms with Gasteiger partial charge in [0, 0.05) is 61.2 Å². The number of nitrogens with two attached hydrogens (primary N) is 1. The van der Waals surface area contributed by atoms with Gasteiger partial charge in [0.15, 0.2) is 0 Å². The van der Waals surface area contributed by atoms with Crippen LogP contribution < -0.4 is 16.2 Å². The lowest BCUT2D eigenvalue weighted by atomic mass is 9.97. The highest BCUT2D eigenvalue weighted by Crippen LogP contribution is 2.40. The molecule has 2 aliphatic rings. The van der Waals surface area contributed by atoms with Crippen LogP contribution in [0.5, 0.6) is 0 Å². The van der Waals surface area contributed by atoms with Crippen LogP contribution in [0.25, 0.3) is 33.1 Å². The summed E-state index contributed by atoms with van der Waals surface area (Å²) in [4.78, 5) is 23.9. The second-order valence-electron chi connectivity index (χ2n) is 9.05. The molecule has 2 saturated heterocycles. The number of nitrogens with zero attached hydrogens (tertiary/aromatic N) is 5. The van der Waals surface area contributed by atoms with E-state index in [0.29, 0.717) is 41.2 Å². The summed E-state index contributed by atoms with van der Waals surface area (Å²) in [7, 11) is 3.45. The first kappa shape index (κ1) is 20.7. The van der Waals surface area contributed by atoms with Gasteiger partial charge in [-0.2, -0.15) is 10.1 Å². The van der Waals surface area contributed by atoms with Gasteiger partial charge in [-0.15, -0.1) is 0 Å². The van der Waals surface area contributed by atoms with E-state index < -0.39 is 0 Å². The number of methoxy groups -OCH3 is 1. The molecule has 0 amide bonds. The van der Waals surface area contributed by atoms with Crippen molar-refractivity contribution in [1.29, 1.82) is 0 Å². The standard InChI is InChI=1S/C23H26ClN7O2/c1-29-22(32)19-14(13-4-5-17-15(20(13)24)11-30(28-17)7-8-33-2)10-26-21(19)27-23(29)31-12-3-6-18(31)16(25)9-12/h4-5,10-12,16,18,26H,3,6-9,25H2,1-2H3/t12-,16+,18+/m0/s1. The minimum absolute atomic E-state index is 0.0990. The van der Waals surface area contributed by atoms with Crippen LogP contribution >= 0.6 is 11.6 Å². The molecule has 5 heterocycles. The quantitative estimate of drug-likeness (QED) is 0.467. The van der Waals surface area contributed by atoms with Crippen LogP contribution in [0.2, 0.25) is 5.02 Å². The number of anilines is 1. The first-order valence-electron chi connectivity index (χ1n) is 11.2. The van der Waals surface area contributed by atoms with Crippen molar-refractivity contribution in [3.05, 3.63) is 39.9 Å². The predicted molar refractivity (Wildman–Crippen MR) is 129 cm³/mol. The molecule has 2 aliphatic heterocycles. The van der Waals surface area contributed by atoms with Crippen molar-refractivity contribution in [1.82, 2.24) is 24.3 Å². The Morgan fingerprint density at radius 2 is 2.15 bits per heavy atom. The zero-order valence-electron chi connectivity index (χ0n) is 18.6. The summed E-state index contributed by atoms with van der Waals surface area (Å²) in [5.41, 5.74) is 9.10. The number of fused-ring (bicyclic) bond motifs is 4. The maximum absolute atomic E-state index is 13.5. The monoisotopic (exact) mass is 467 g/mol. The summed E-state index contributed by atoms with van der Waals surface area (Å²) >= 11 is 6.82. The molecule has 0 unspecified atom stereocenters. The number of ether oxygens (including phenoxy) is 1. The largest absolute Gasteiger partial charge is 0.383 e. The van der Waals surface area contributed by atoms with Gasteiger partial charge < -0.3 is 20.4 Å². The highest BCUT2D eigenvalue weighted by Gasteiger charge is 2.46. The molecule has 3 atom stereocenters. The summed E-state index contributed by atoms with van der Waals surface area (Å²) in [6, 6.07) is 4.56. The summed E-state index contributed by atoms with van der Waals surface area (Å²) in [5, 5.41) is 6.49. The lowest BCUT2D eigenvalue weighted by Crippen LogP contribution is -2.40. The van der Waals surface area contributed by atoms with E-state index in [9.17, 15) is 4.79 Å². The second kappa shape index (κ2) is 7.58. The van der Waals surface area contributed by atoms with Gasteiger partial charge in [0.1, 0.15) is 5.65 Å². The molecular formula is C23H26ClN7O2. The van der Waals surface area contributed by atoms with Crippen molar-refractivity contribution in [3.63, 3.8) is 0 Å². The Labute approximate surface area is 195 Å². The second-order valence-corrected chi connectivity index (χ2v) is 9.43. The Balaban J connectivity index is 1.47. The molecule has 0 spiro atoms. The topological polar surface area (TPSA) is 107 Å². The van der Waals surface area contributed by atoms with E-state index in [0.717, 1.165) is 41.3 Å². The van der Waals surface area contributed by atoms with Crippen molar-refractivity contribution >= 4 is 39.5 Å². The minimum Gasteiger partial charge on any atom is -0.383 e. The maximum atomic E-state index is 13.5. The molecule has 2 fully saturated rings. The molecule has 3 aromatic heterocycles. The number of nitrogens with one attached hydrogen (secondary N) is 1. The molecule has 172 valence electrons. The molecule has 6 rings (SSSR count). The van der Waals surface area contributed by atoms with E-state index in [4.69, 9.17) is 27.1 Å². The SMILES string of the molecule is COCCn1cc2c(Cl)c(-c3c[nH]c4nc(N5[C@H]6CC[C@@H]5[C@H](N)C6)n(C)c(=O)c34)ccc2n1. The number of aromatic amines is 1. The van der Waals surface area contributed by atoms with Gasteiger partial charge >= 0.3 is 0 Å². The molecule has 10 heteroatoms. The highest BCUT2D eigenvalue weighted by molar-refractivity contribution is 6.38. The van der Waals surface area contributed by atoms with E-state index in [-0.39, 0.29) is 17.6 Å². The van der Waals surface area contributed by atoms with Crippen molar-refractivity contribution in [2.45, 2.75) is 43.9 Å². The number of hydrogen-bond acceptors (Lipinski definition) is 6. The van der Waals surface area contributed by atoms with E-state index in [1.807, 2.05) is 29.2 Å². The number of aromatic nitrogens is 5. The fraction of sp³-hybridized carbons (Fsp3) is 0.435. The van der Waals surface area contributed by atoms with Crippen LogP contribution in [0.15, 0.2) is 29.3 Å². The zero-order chi connectivity index (χ0) is 22.9. The van der Waals surface area contributed by atoms with Gasteiger partial charge in [-0.3, -0.25) is 14.0 Å². The van der Waals surface area contributed by atoms with Crippen molar-refractivity contribution < 1.29 is 4.74 Å². The minimum atomic E-state index is -0.0990. The maximum Gasteiger partial charge on any atom is 0.264 e. The van der Waals surface area contributed by atoms with Gasteiger partial charge in [-0.1, -0.05) is 17.7 Å². The lowest BCUT2D eigenvalue weighted by molar-refractivity contribution is 0.184. The Morgan fingerprint density at radius 1 is 1.30 bits per heavy atom. The van der Waals surface area contributed by atoms with Crippen LogP contribution in [-0.2, 0) is 18.3 Å². The third kappa shape index (κ3) is 3.03. The van der Waals surface area contributed by atoms with Crippen LogP contribution in [0.4, 0.5) is 5.95 Å². The van der Waals surface area contributed by atoms with Gasteiger partial charge in [-0.05, 0) is 25.3 Å². The van der Waals surface area contributed by atoms with Gasteiger partial charge in [0.2, 0.25) is 5.95 Å². The van der Waals surface area contributed by atoms with Crippen molar-refractivity contribution in [2.24, 2.45) is 12.8 Å². The predicted octanol–water partition coefficient (Wildman–Crippen LogP) is 2.65. The number of rotatable bonds is 5. The molecule has 9 nitrogen and oxygen atoms in total. The van der Waals surface area contributed by atoms with Crippen LogP contribution in [-0.4, -0.2) is 56.2 Å². The van der Waals surface area contributed by atoms with Crippen LogP contribution in [0, 0.1) is 0 Å². The average molecular weight is 468 g/mol. The zero-order valence-corrected chi connectivity index (χ0v) is 19.3. The van der Waals surface area contributed by atoms with Crippen molar-refractivity contribution in [2.75, 3.05) is 18.6 Å². The Morgan fingerprint density at radius 3 is 2.88 bits per heavy atom. The Kier molecular flexibility index (Phi) is 4.76. The van der Waals surface area contributed by atoms with Crippen LogP contribution in [0.3, 0.4) is 0 Å². The lowest BCUT2D eigenvalue weighted by Gasteiger charge is -2.25. The fourth-order valence-electron chi connectivity index (χ4n) is 5.56. The van der Waals surface area contributed by atoms with E-state index in [2.05, 4.69) is 15.0 Å². The number of benzene rings is 1. The molecule has 2 bridgehead atoms. The molecule has 0 saturated carbocycles. The summed E-state index contributed by atoms with van der Waals surface area (Å²) in [6.45, 7) is 1.20. The van der Waals surface area contributed by atoms with E-state index >= 15 is 0 Å². The number of hydrogen-bond donors (Lipinski definition) is 2. The van der Waals surface area contributed by atoms with Crippen LogP contribution in [0.1, 0.15) is 19.3 Å². The molecule has 0 radical (unpaired) electrons. The van der Waals surface area contributed by atoms with Crippen molar-refractivity contribution in [3.8, 4) is 11.1 Å². The van der Waals surface area contributed by atoms with E-state index in [1.165, 1.54) is 0 Å². The molecule has 0 aliphatic carbocycles. The first-order chi connectivity index (χ1) is 16.0. The first-order valence-corrected chi connectivity index (χ1v) is 11.6. The molecule has 3 N–H and O–H groups in total.